The van der Waals surface area contributed by atoms with Crippen LogP contribution in [0.5, 0.6) is 0 Å². The Bertz CT molecular complexity index is 1240. The molecule has 0 spiro atoms. The predicted molar refractivity (Wildman–Crippen MR) is 96.6 cm³/mol. The highest BCUT2D eigenvalue weighted by Gasteiger charge is 2.44. The monoisotopic (exact) mass is 386 g/mol. The standard InChI is InChI=1S/C19H14O5S2/c1-9-7-13-16-11(3-5-25(13,21)22)19(20)12-4-6-26(23,24)14-8-10(2)15(9)18(16)17(12)14/h3-8,11-12H,1-2H3. The molecule has 2 aromatic rings. The van der Waals surface area contributed by atoms with Crippen LogP contribution in [0.3, 0.4) is 0 Å². The van der Waals surface area contributed by atoms with E-state index < -0.39 is 31.5 Å². The lowest BCUT2D eigenvalue weighted by molar-refractivity contribution is -0.120. The molecule has 0 bridgehead atoms. The van der Waals surface area contributed by atoms with Crippen LogP contribution in [0.15, 0.2) is 44.9 Å². The van der Waals surface area contributed by atoms with Crippen molar-refractivity contribution in [3.63, 3.8) is 0 Å². The Balaban J connectivity index is 2.15. The highest BCUT2D eigenvalue weighted by Crippen LogP contribution is 2.51. The zero-order valence-corrected chi connectivity index (χ0v) is 15.6. The van der Waals surface area contributed by atoms with Gasteiger partial charge in [0.2, 0.25) is 0 Å². The minimum Gasteiger partial charge on any atom is -0.298 e. The van der Waals surface area contributed by atoms with E-state index in [4.69, 9.17) is 0 Å². The largest absolute Gasteiger partial charge is 0.298 e. The van der Waals surface area contributed by atoms with E-state index in [1.54, 1.807) is 12.1 Å². The smallest absolute Gasteiger partial charge is 0.199 e. The van der Waals surface area contributed by atoms with Crippen molar-refractivity contribution in [2.75, 3.05) is 0 Å². The second-order valence-corrected chi connectivity index (χ2v) is 10.7. The second kappa shape index (κ2) is 4.53. The van der Waals surface area contributed by atoms with Gasteiger partial charge in [0, 0.05) is 10.8 Å². The third-order valence-electron chi connectivity index (χ3n) is 5.55. The van der Waals surface area contributed by atoms with E-state index in [0.717, 1.165) is 27.3 Å². The van der Waals surface area contributed by atoms with E-state index in [0.29, 0.717) is 16.5 Å². The van der Waals surface area contributed by atoms with Crippen molar-refractivity contribution in [1.82, 2.24) is 0 Å². The number of aryl methyl sites for hydroxylation is 2. The number of hydrogen-bond acceptors (Lipinski definition) is 5. The molecule has 5 nitrogen and oxygen atoms in total. The summed E-state index contributed by atoms with van der Waals surface area (Å²) in [5.41, 5.74) is 2.38. The molecule has 132 valence electrons. The second-order valence-electron chi connectivity index (χ2n) is 7.07. The van der Waals surface area contributed by atoms with Gasteiger partial charge in [-0.2, -0.15) is 0 Å². The number of hydrogen-bond donors (Lipinski definition) is 0. The summed E-state index contributed by atoms with van der Waals surface area (Å²) in [5, 5.41) is 3.63. The maximum Gasteiger partial charge on any atom is 0.199 e. The fourth-order valence-corrected chi connectivity index (χ4v) is 7.29. The van der Waals surface area contributed by atoms with Crippen LogP contribution in [0, 0.1) is 13.8 Å². The number of Topliss-reactive ketones (excluding diaryl/α,β-unsaturated/α-hetero) is 1. The molecule has 5 rings (SSSR count). The van der Waals surface area contributed by atoms with Gasteiger partial charge in [-0.25, -0.2) is 16.8 Å². The van der Waals surface area contributed by atoms with Crippen LogP contribution in [0.2, 0.25) is 0 Å². The molecule has 1 aliphatic carbocycles. The van der Waals surface area contributed by atoms with Crippen LogP contribution in [0.4, 0.5) is 0 Å². The Morgan fingerprint density at radius 1 is 0.731 bits per heavy atom. The SMILES string of the molecule is Cc1cc2c3c4c5c(cc(C)c14)S(=O)(=O)C=CC5C(=O)C3C=CS2(=O)=O. The quantitative estimate of drug-likeness (QED) is 0.695. The van der Waals surface area contributed by atoms with E-state index in [2.05, 4.69) is 0 Å². The van der Waals surface area contributed by atoms with Gasteiger partial charge in [0.1, 0.15) is 0 Å². The maximum absolute atomic E-state index is 13.1. The van der Waals surface area contributed by atoms with Crippen molar-refractivity contribution < 1.29 is 21.6 Å². The summed E-state index contributed by atoms with van der Waals surface area (Å²) >= 11 is 0. The number of allylic oxidation sites excluding steroid dienone is 2. The fraction of sp³-hybridized carbons (Fsp3) is 0.211. The van der Waals surface area contributed by atoms with Crippen LogP contribution >= 0.6 is 0 Å². The van der Waals surface area contributed by atoms with Gasteiger partial charge >= 0.3 is 0 Å². The van der Waals surface area contributed by atoms with Gasteiger partial charge in [0.15, 0.2) is 25.5 Å². The third kappa shape index (κ3) is 1.72. The Kier molecular flexibility index (Phi) is 2.78. The van der Waals surface area contributed by atoms with Gasteiger partial charge < -0.3 is 0 Å². The predicted octanol–water partition coefficient (Wildman–Crippen LogP) is 2.81. The van der Waals surface area contributed by atoms with Crippen LogP contribution in [0.1, 0.15) is 34.1 Å². The van der Waals surface area contributed by atoms with Gasteiger partial charge in [-0.1, -0.05) is 12.2 Å². The molecule has 7 heteroatoms. The van der Waals surface area contributed by atoms with E-state index in [1.165, 1.54) is 12.2 Å². The molecule has 2 atom stereocenters. The van der Waals surface area contributed by atoms with Gasteiger partial charge in [0.25, 0.3) is 0 Å². The van der Waals surface area contributed by atoms with E-state index in [1.807, 2.05) is 13.8 Å². The Morgan fingerprint density at radius 2 is 1.15 bits per heavy atom. The van der Waals surface area contributed by atoms with Crippen molar-refractivity contribution in [3.8, 4) is 0 Å². The lowest BCUT2D eigenvalue weighted by atomic mass is 9.73. The maximum atomic E-state index is 13.1. The minimum absolute atomic E-state index is 0.113. The number of rotatable bonds is 0. The molecule has 0 radical (unpaired) electrons. The molecule has 0 N–H and O–H groups in total. The van der Waals surface area contributed by atoms with Crippen LogP contribution in [0.25, 0.3) is 10.8 Å². The topological polar surface area (TPSA) is 85.3 Å². The van der Waals surface area contributed by atoms with Crippen molar-refractivity contribution >= 4 is 36.2 Å². The Hall–Kier alpha value is -2.25. The van der Waals surface area contributed by atoms with Crippen molar-refractivity contribution in [2.45, 2.75) is 35.5 Å². The zero-order valence-electron chi connectivity index (χ0n) is 14.0. The van der Waals surface area contributed by atoms with Crippen LogP contribution in [-0.4, -0.2) is 22.6 Å². The first-order chi connectivity index (χ1) is 12.1. The Morgan fingerprint density at radius 3 is 1.58 bits per heavy atom. The molecule has 0 fully saturated rings. The number of ketones is 1. The molecular formula is C19H14O5S2. The molecule has 2 aromatic carbocycles. The average molecular weight is 386 g/mol. The van der Waals surface area contributed by atoms with E-state index in [-0.39, 0.29) is 15.6 Å². The van der Waals surface area contributed by atoms with Crippen molar-refractivity contribution in [1.29, 1.82) is 0 Å². The lowest BCUT2D eigenvalue weighted by Gasteiger charge is -2.35. The van der Waals surface area contributed by atoms with Gasteiger partial charge in [0.05, 0.1) is 21.6 Å². The first kappa shape index (κ1) is 16.0. The summed E-state index contributed by atoms with van der Waals surface area (Å²) in [6.07, 6.45) is 2.85. The van der Waals surface area contributed by atoms with Crippen molar-refractivity contribution in [2.24, 2.45) is 0 Å². The molecule has 2 unspecified atom stereocenters. The molecule has 0 saturated heterocycles. The third-order valence-corrected chi connectivity index (χ3v) is 8.48. The molecule has 0 amide bonds. The summed E-state index contributed by atoms with van der Waals surface area (Å²) in [6, 6.07) is 3.20. The van der Waals surface area contributed by atoms with Gasteiger partial charge in [-0.15, -0.1) is 0 Å². The Labute approximate surface area is 150 Å². The normalized spacial score (nSPS) is 26.3. The van der Waals surface area contributed by atoms with E-state index >= 15 is 0 Å². The highest BCUT2D eigenvalue weighted by molar-refractivity contribution is 7.94. The number of carbonyl (C=O) groups excluding carboxylic acids is 1. The summed E-state index contributed by atoms with van der Waals surface area (Å²) in [5.74, 6) is -1.53. The highest BCUT2D eigenvalue weighted by atomic mass is 32.2. The fourth-order valence-electron chi connectivity index (χ4n) is 4.52. The summed E-state index contributed by atoms with van der Waals surface area (Å²) in [6.45, 7) is 3.63. The average Bonchev–Trinajstić information content (AvgIpc) is 2.55. The molecular weight excluding hydrogens is 372 g/mol. The number of sulfone groups is 2. The molecule has 3 aliphatic rings. The summed E-state index contributed by atoms with van der Waals surface area (Å²) < 4.78 is 50.4. The molecule has 26 heavy (non-hydrogen) atoms. The zero-order chi connectivity index (χ0) is 18.6. The van der Waals surface area contributed by atoms with Crippen LogP contribution < -0.4 is 0 Å². The van der Waals surface area contributed by atoms with E-state index in [9.17, 15) is 21.6 Å². The van der Waals surface area contributed by atoms with Crippen LogP contribution in [-0.2, 0) is 24.5 Å². The van der Waals surface area contributed by atoms with Gasteiger partial charge in [-0.05, 0) is 59.0 Å². The molecule has 0 saturated carbocycles. The summed E-state index contributed by atoms with van der Waals surface area (Å²) in [7, 11) is -7.31. The molecule has 2 heterocycles. The van der Waals surface area contributed by atoms with Gasteiger partial charge in [-0.3, -0.25) is 4.79 Å². The van der Waals surface area contributed by atoms with Crippen molar-refractivity contribution in [3.05, 3.63) is 57.4 Å². The molecule has 0 aromatic heterocycles. The first-order valence-electron chi connectivity index (χ1n) is 8.14. The lowest BCUT2D eigenvalue weighted by Crippen LogP contribution is -2.30. The first-order valence-corrected chi connectivity index (χ1v) is 11.2. The molecule has 2 aliphatic heterocycles. The number of benzene rings is 2. The number of carbonyl (C=O) groups is 1. The summed E-state index contributed by atoms with van der Waals surface area (Å²) in [4.78, 5) is 13.3. The minimum atomic E-state index is -3.66.